The van der Waals surface area contributed by atoms with Crippen LogP contribution < -0.4 is 0 Å². The van der Waals surface area contributed by atoms with Crippen LogP contribution in [0.1, 0.15) is 10.5 Å². The number of carboxylic acids is 1. The average Bonchev–Trinajstić information content (AvgIpc) is 2.67. The molecule has 5 heteroatoms. The molecule has 0 aliphatic heterocycles. The quantitative estimate of drug-likeness (QED) is 0.764. The van der Waals surface area contributed by atoms with E-state index in [1.807, 2.05) is 0 Å². The monoisotopic (exact) mass is 189 g/mol. The van der Waals surface area contributed by atoms with E-state index >= 15 is 0 Å². The maximum atomic E-state index is 10.8. The van der Waals surface area contributed by atoms with Gasteiger partial charge in [-0.2, -0.15) is 0 Å². The third-order valence-electron chi connectivity index (χ3n) is 1.79. The zero-order chi connectivity index (χ0) is 9.97. The van der Waals surface area contributed by atoms with Gasteiger partial charge in [0.25, 0.3) is 0 Å². The third kappa shape index (κ3) is 1.35. The fourth-order valence-corrected chi connectivity index (χ4v) is 1.20. The van der Waals surface area contributed by atoms with Crippen LogP contribution in [0.25, 0.3) is 5.69 Å². The largest absolute Gasteiger partial charge is 0.477 e. The minimum atomic E-state index is -0.973. The van der Waals surface area contributed by atoms with Gasteiger partial charge in [0, 0.05) is 6.20 Å². The summed E-state index contributed by atoms with van der Waals surface area (Å²) in [6, 6.07) is 3.19. The summed E-state index contributed by atoms with van der Waals surface area (Å²) in [5, 5.41) is 8.85. The summed E-state index contributed by atoms with van der Waals surface area (Å²) in [6.07, 6.45) is 6.16. The van der Waals surface area contributed by atoms with Gasteiger partial charge in [-0.25, -0.2) is 14.8 Å². The SMILES string of the molecule is O=C(O)c1cccn1-c1cncnc1. The van der Waals surface area contributed by atoms with Crippen molar-refractivity contribution in [3.05, 3.63) is 42.7 Å². The first-order valence-electron chi connectivity index (χ1n) is 3.95. The first kappa shape index (κ1) is 8.43. The number of rotatable bonds is 2. The number of hydrogen-bond acceptors (Lipinski definition) is 3. The highest BCUT2D eigenvalue weighted by molar-refractivity contribution is 5.86. The number of hydrogen-bond donors (Lipinski definition) is 1. The Morgan fingerprint density at radius 2 is 2.07 bits per heavy atom. The molecule has 0 atom stereocenters. The van der Waals surface area contributed by atoms with Crippen molar-refractivity contribution in [3.63, 3.8) is 0 Å². The minimum absolute atomic E-state index is 0.194. The Kier molecular flexibility index (Phi) is 1.98. The third-order valence-corrected chi connectivity index (χ3v) is 1.79. The Hall–Kier alpha value is -2.17. The molecule has 0 aliphatic rings. The fourth-order valence-electron chi connectivity index (χ4n) is 1.20. The summed E-state index contributed by atoms with van der Waals surface area (Å²) in [5.74, 6) is -0.973. The molecule has 0 amide bonds. The molecule has 1 N–H and O–H groups in total. The van der Waals surface area contributed by atoms with Crippen LogP contribution in [0, 0.1) is 0 Å². The predicted molar refractivity (Wildman–Crippen MR) is 48.3 cm³/mol. The molecule has 0 radical (unpaired) electrons. The molecule has 0 unspecified atom stereocenters. The highest BCUT2D eigenvalue weighted by atomic mass is 16.4. The van der Waals surface area contributed by atoms with Gasteiger partial charge in [0.2, 0.25) is 0 Å². The second-order valence-electron chi connectivity index (χ2n) is 2.67. The molecule has 0 aliphatic carbocycles. The van der Waals surface area contributed by atoms with Crippen LogP contribution in [0.4, 0.5) is 0 Å². The maximum Gasteiger partial charge on any atom is 0.352 e. The van der Waals surface area contributed by atoms with Gasteiger partial charge < -0.3 is 9.67 Å². The van der Waals surface area contributed by atoms with Crippen molar-refractivity contribution in [2.45, 2.75) is 0 Å². The van der Waals surface area contributed by atoms with Crippen LogP contribution in [0.5, 0.6) is 0 Å². The van der Waals surface area contributed by atoms with E-state index in [-0.39, 0.29) is 5.69 Å². The van der Waals surface area contributed by atoms with Crippen molar-refractivity contribution in [1.82, 2.24) is 14.5 Å². The smallest absolute Gasteiger partial charge is 0.352 e. The lowest BCUT2D eigenvalue weighted by Gasteiger charge is -2.03. The lowest BCUT2D eigenvalue weighted by Crippen LogP contribution is -2.05. The minimum Gasteiger partial charge on any atom is -0.477 e. The van der Waals surface area contributed by atoms with Gasteiger partial charge in [0.15, 0.2) is 0 Å². The van der Waals surface area contributed by atoms with E-state index in [9.17, 15) is 4.79 Å². The van der Waals surface area contributed by atoms with Crippen LogP contribution in [0.2, 0.25) is 0 Å². The lowest BCUT2D eigenvalue weighted by atomic mass is 10.4. The van der Waals surface area contributed by atoms with Gasteiger partial charge >= 0.3 is 5.97 Å². The van der Waals surface area contributed by atoms with E-state index in [1.165, 1.54) is 17.0 Å². The first-order chi connectivity index (χ1) is 6.79. The molecular weight excluding hydrogens is 182 g/mol. The van der Waals surface area contributed by atoms with Crippen molar-refractivity contribution < 1.29 is 9.90 Å². The molecule has 0 aromatic carbocycles. The zero-order valence-electron chi connectivity index (χ0n) is 7.16. The predicted octanol–water partition coefficient (Wildman–Crippen LogP) is 0.965. The Morgan fingerprint density at radius 3 is 2.71 bits per heavy atom. The normalized spacial score (nSPS) is 10.0. The molecular formula is C9H7N3O2. The molecule has 14 heavy (non-hydrogen) atoms. The molecule has 0 saturated heterocycles. The van der Waals surface area contributed by atoms with Crippen LogP contribution in [-0.2, 0) is 0 Å². The molecule has 5 nitrogen and oxygen atoms in total. The highest BCUT2D eigenvalue weighted by Gasteiger charge is 2.09. The molecule has 2 aromatic rings. The van der Waals surface area contributed by atoms with Crippen molar-refractivity contribution in [2.24, 2.45) is 0 Å². The van der Waals surface area contributed by atoms with E-state index in [2.05, 4.69) is 9.97 Å². The Morgan fingerprint density at radius 1 is 1.36 bits per heavy atom. The van der Waals surface area contributed by atoms with E-state index in [1.54, 1.807) is 24.7 Å². The van der Waals surface area contributed by atoms with E-state index in [4.69, 9.17) is 5.11 Å². The van der Waals surface area contributed by atoms with Gasteiger partial charge in [-0.3, -0.25) is 0 Å². The van der Waals surface area contributed by atoms with E-state index < -0.39 is 5.97 Å². The number of aromatic carboxylic acids is 1. The Balaban J connectivity index is 2.52. The average molecular weight is 189 g/mol. The number of nitrogens with zero attached hydrogens (tertiary/aromatic N) is 3. The molecule has 70 valence electrons. The van der Waals surface area contributed by atoms with Crippen LogP contribution in [-0.4, -0.2) is 25.6 Å². The summed E-state index contributed by atoms with van der Waals surface area (Å²) in [5.41, 5.74) is 0.828. The van der Waals surface area contributed by atoms with Gasteiger partial charge in [0.1, 0.15) is 12.0 Å². The number of carbonyl (C=O) groups is 1. The number of carboxylic acid groups (broad SMARTS) is 1. The standard InChI is InChI=1S/C9H7N3O2/c13-9(14)8-2-1-3-12(8)7-4-10-6-11-5-7/h1-6H,(H,13,14). The van der Waals surface area contributed by atoms with Crippen LogP contribution in [0.15, 0.2) is 37.1 Å². The second-order valence-corrected chi connectivity index (χ2v) is 2.67. The summed E-state index contributed by atoms with van der Waals surface area (Å²) < 4.78 is 1.52. The van der Waals surface area contributed by atoms with Gasteiger partial charge in [0.05, 0.1) is 18.1 Å². The van der Waals surface area contributed by atoms with Gasteiger partial charge in [-0.05, 0) is 12.1 Å². The maximum absolute atomic E-state index is 10.8. The second kappa shape index (κ2) is 3.29. The fraction of sp³-hybridized carbons (Fsp3) is 0. The van der Waals surface area contributed by atoms with E-state index in [0.717, 1.165) is 0 Å². The molecule has 0 fully saturated rings. The van der Waals surface area contributed by atoms with Crippen LogP contribution >= 0.6 is 0 Å². The lowest BCUT2D eigenvalue weighted by molar-refractivity contribution is 0.0688. The van der Waals surface area contributed by atoms with Gasteiger partial charge in [-0.1, -0.05) is 0 Å². The van der Waals surface area contributed by atoms with Crippen molar-refractivity contribution in [3.8, 4) is 5.69 Å². The van der Waals surface area contributed by atoms with Crippen molar-refractivity contribution in [2.75, 3.05) is 0 Å². The molecule has 0 spiro atoms. The summed E-state index contributed by atoms with van der Waals surface area (Å²) >= 11 is 0. The topological polar surface area (TPSA) is 68.0 Å². The highest BCUT2D eigenvalue weighted by Crippen LogP contribution is 2.09. The summed E-state index contributed by atoms with van der Waals surface area (Å²) in [7, 11) is 0. The van der Waals surface area contributed by atoms with Crippen molar-refractivity contribution >= 4 is 5.97 Å². The molecule has 0 bridgehead atoms. The summed E-state index contributed by atoms with van der Waals surface area (Å²) in [6.45, 7) is 0. The molecule has 2 aromatic heterocycles. The number of aromatic nitrogens is 3. The first-order valence-corrected chi connectivity index (χ1v) is 3.95. The van der Waals surface area contributed by atoms with Crippen molar-refractivity contribution in [1.29, 1.82) is 0 Å². The molecule has 2 heterocycles. The van der Waals surface area contributed by atoms with Gasteiger partial charge in [-0.15, -0.1) is 0 Å². The van der Waals surface area contributed by atoms with E-state index in [0.29, 0.717) is 5.69 Å². The van der Waals surface area contributed by atoms with Crippen LogP contribution in [0.3, 0.4) is 0 Å². The summed E-state index contributed by atoms with van der Waals surface area (Å²) in [4.78, 5) is 18.4. The Bertz CT molecular complexity index is 450. The zero-order valence-corrected chi connectivity index (χ0v) is 7.16. The Labute approximate surface area is 79.7 Å². The molecule has 2 rings (SSSR count). The molecule has 0 saturated carbocycles.